The predicted octanol–water partition coefficient (Wildman–Crippen LogP) is 2.13. The second kappa shape index (κ2) is 7.30. The maximum Gasteiger partial charge on any atom is 0.423 e. The van der Waals surface area contributed by atoms with Crippen molar-refractivity contribution in [2.24, 2.45) is 5.73 Å². The lowest BCUT2D eigenvalue weighted by molar-refractivity contribution is -0.321. The van der Waals surface area contributed by atoms with Crippen molar-refractivity contribution >= 4 is 5.91 Å². The van der Waals surface area contributed by atoms with Gasteiger partial charge in [-0.25, -0.2) is 0 Å². The summed E-state index contributed by atoms with van der Waals surface area (Å²) in [6, 6.07) is 0. The summed E-state index contributed by atoms with van der Waals surface area (Å²) in [5.74, 6) is -0.743. The number of carbonyl (C=O) groups is 1. The summed E-state index contributed by atoms with van der Waals surface area (Å²) >= 11 is 0. The summed E-state index contributed by atoms with van der Waals surface area (Å²) in [4.78, 5) is 11.2. The van der Waals surface area contributed by atoms with Gasteiger partial charge in [0, 0.05) is 6.61 Å². The molecule has 0 aliphatic carbocycles. The molecule has 0 aliphatic rings. The molecule has 0 saturated carbocycles. The van der Waals surface area contributed by atoms with Crippen LogP contribution in [0.1, 0.15) is 26.7 Å². The van der Waals surface area contributed by atoms with Gasteiger partial charge in [0.05, 0.1) is 5.54 Å². The van der Waals surface area contributed by atoms with Gasteiger partial charge in [-0.3, -0.25) is 4.79 Å². The Morgan fingerprint density at radius 1 is 1.19 bits per heavy atom. The van der Waals surface area contributed by atoms with Crippen LogP contribution in [0.15, 0.2) is 0 Å². The molecule has 10 heteroatoms. The van der Waals surface area contributed by atoms with Gasteiger partial charge in [-0.05, 0) is 26.3 Å². The minimum Gasteiger partial charge on any atom is -0.368 e. The van der Waals surface area contributed by atoms with Crippen LogP contribution < -0.4 is 11.1 Å². The number of hydrogen-bond acceptors (Lipinski definition) is 3. The number of nitrogens with one attached hydrogen (secondary N) is 1. The van der Waals surface area contributed by atoms with E-state index in [0.29, 0.717) is 6.54 Å². The van der Waals surface area contributed by atoms with E-state index in [-0.39, 0.29) is 12.8 Å². The Bertz CT molecular complexity index is 331. The number of primary amides is 1. The van der Waals surface area contributed by atoms with Crippen molar-refractivity contribution < 1.29 is 35.9 Å². The number of nitrogens with two attached hydrogens (primary N) is 1. The minimum atomic E-state index is -5.53. The average Bonchev–Trinajstić information content (AvgIpc) is 2.25. The summed E-state index contributed by atoms with van der Waals surface area (Å²) < 4.78 is 77.1. The van der Waals surface area contributed by atoms with Crippen molar-refractivity contribution in [2.75, 3.05) is 13.2 Å². The van der Waals surface area contributed by atoms with Crippen molar-refractivity contribution in [3.63, 3.8) is 0 Å². The number of rotatable bonds is 8. The highest BCUT2D eigenvalue weighted by molar-refractivity contribution is 5.84. The van der Waals surface area contributed by atoms with E-state index in [4.69, 9.17) is 5.73 Å². The molecular weight excluding hydrogens is 306 g/mol. The zero-order valence-corrected chi connectivity index (χ0v) is 11.6. The predicted molar refractivity (Wildman–Crippen MR) is 62.4 cm³/mol. The van der Waals surface area contributed by atoms with E-state index in [9.17, 15) is 31.1 Å². The van der Waals surface area contributed by atoms with Crippen LogP contribution in [-0.4, -0.2) is 43.1 Å². The summed E-state index contributed by atoms with van der Waals surface area (Å²) in [6.07, 6.45) is -15.1. The van der Waals surface area contributed by atoms with Gasteiger partial charge in [0.1, 0.15) is 0 Å². The van der Waals surface area contributed by atoms with Gasteiger partial charge >= 0.3 is 12.4 Å². The summed E-state index contributed by atoms with van der Waals surface area (Å²) in [5.41, 5.74) is 3.93. The van der Waals surface area contributed by atoms with Crippen LogP contribution in [0.4, 0.5) is 26.3 Å². The lowest BCUT2D eigenvalue weighted by atomic mass is 9.95. The summed E-state index contributed by atoms with van der Waals surface area (Å²) in [5, 5.41) is 2.73. The van der Waals surface area contributed by atoms with E-state index in [0.717, 1.165) is 0 Å². The molecule has 0 aromatic heterocycles. The molecule has 0 fully saturated rings. The fourth-order valence-corrected chi connectivity index (χ4v) is 1.69. The van der Waals surface area contributed by atoms with Crippen molar-refractivity contribution in [1.29, 1.82) is 0 Å². The fraction of sp³-hybridized carbons (Fsp3) is 0.909. The summed E-state index contributed by atoms with van der Waals surface area (Å²) in [7, 11) is 0. The van der Waals surface area contributed by atoms with E-state index in [2.05, 4.69) is 10.1 Å². The van der Waals surface area contributed by atoms with Gasteiger partial charge in [-0.2, -0.15) is 26.3 Å². The van der Waals surface area contributed by atoms with Crippen LogP contribution in [0.5, 0.6) is 0 Å². The molecule has 0 aliphatic heterocycles. The quantitative estimate of drug-likeness (QED) is 0.531. The first-order valence-electron chi connectivity index (χ1n) is 6.14. The first kappa shape index (κ1) is 20.0. The molecule has 21 heavy (non-hydrogen) atoms. The van der Waals surface area contributed by atoms with E-state index >= 15 is 0 Å². The third-order valence-corrected chi connectivity index (χ3v) is 2.81. The zero-order valence-electron chi connectivity index (χ0n) is 11.6. The molecule has 1 amide bonds. The number of amides is 1. The Morgan fingerprint density at radius 3 is 2.00 bits per heavy atom. The maximum atomic E-state index is 12.2. The number of halogens is 6. The Morgan fingerprint density at radius 2 is 1.67 bits per heavy atom. The Kier molecular flexibility index (Phi) is 6.94. The van der Waals surface area contributed by atoms with Crippen molar-refractivity contribution in [3.05, 3.63) is 0 Å². The molecule has 4 nitrogen and oxygen atoms in total. The molecule has 126 valence electrons. The monoisotopic (exact) mass is 324 g/mol. The largest absolute Gasteiger partial charge is 0.423 e. The highest BCUT2D eigenvalue weighted by Crippen LogP contribution is 2.35. The molecule has 3 N–H and O–H groups in total. The third-order valence-electron chi connectivity index (χ3n) is 2.81. The molecular formula is C11H18F6N2O2. The van der Waals surface area contributed by atoms with Crippen LogP contribution in [0.3, 0.4) is 0 Å². The molecule has 0 saturated heterocycles. The van der Waals surface area contributed by atoms with Crippen LogP contribution >= 0.6 is 0 Å². The number of hydrogen-bond donors (Lipinski definition) is 2. The SMILES string of the molecule is CCNC(C)(CCCOC(C(F)(F)F)C(F)(F)F)C(N)=O. The van der Waals surface area contributed by atoms with Crippen LogP contribution in [0.2, 0.25) is 0 Å². The van der Waals surface area contributed by atoms with Gasteiger partial charge in [0.25, 0.3) is 0 Å². The Hall–Kier alpha value is -1.03. The fourth-order valence-electron chi connectivity index (χ4n) is 1.69. The molecule has 0 radical (unpaired) electrons. The first-order valence-corrected chi connectivity index (χ1v) is 6.14. The standard InChI is InChI=1S/C11H18F6N2O2/c1-3-19-9(2,8(18)20)5-4-6-21-7(10(12,13)14)11(15,16)17/h7,19H,3-6H2,1-2H3,(H2,18,20). The van der Waals surface area contributed by atoms with E-state index in [1.807, 2.05) is 0 Å². The number of carbonyl (C=O) groups excluding carboxylic acids is 1. The number of likely N-dealkylation sites (N-methyl/N-ethyl adjacent to an activating group) is 1. The first-order chi connectivity index (χ1) is 9.34. The highest BCUT2D eigenvalue weighted by Gasteiger charge is 2.57. The summed E-state index contributed by atoms with van der Waals surface area (Å²) in [6.45, 7) is 2.68. The number of alkyl halides is 6. The van der Waals surface area contributed by atoms with Crippen molar-refractivity contribution in [2.45, 2.75) is 50.7 Å². The van der Waals surface area contributed by atoms with Crippen molar-refractivity contribution in [1.82, 2.24) is 5.32 Å². The lowest BCUT2D eigenvalue weighted by Gasteiger charge is -2.28. The molecule has 0 heterocycles. The zero-order chi connectivity index (χ0) is 16.9. The molecule has 0 aromatic rings. The minimum absolute atomic E-state index is 0.0430. The molecule has 0 rings (SSSR count). The van der Waals surface area contributed by atoms with Gasteiger partial charge in [-0.1, -0.05) is 6.92 Å². The van der Waals surface area contributed by atoms with Crippen molar-refractivity contribution in [3.8, 4) is 0 Å². The van der Waals surface area contributed by atoms with Crippen LogP contribution in [-0.2, 0) is 9.53 Å². The van der Waals surface area contributed by atoms with Gasteiger partial charge in [0.2, 0.25) is 12.0 Å². The van der Waals surface area contributed by atoms with Crippen LogP contribution in [0, 0.1) is 0 Å². The molecule has 1 unspecified atom stereocenters. The topological polar surface area (TPSA) is 64.3 Å². The second-order valence-electron chi connectivity index (χ2n) is 4.66. The lowest BCUT2D eigenvalue weighted by Crippen LogP contribution is -2.53. The Labute approximate surface area is 118 Å². The average molecular weight is 324 g/mol. The third kappa shape index (κ3) is 6.51. The molecule has 0 spiro atoms. The van der Waals surface area contributed by atoms with E-state index in [1.165, 1.54) is 6.92 Å². The number of ether oxygens (including phenoxy) is 1. The molecule has 0 aromatic carbocycles. The van der Waals surface area contributed by atoms with Gasteiger partial charge in [-0.15, -0.1) is 0 Å². The second-order valence-corrected chi connectivity index (χ2v) is 4.66. The molecule has 1 atom stereocenters. The smallest absolute Gasteiger partial charge is 0.368 e. The van der Waals surface area contributed by atoms with E-state index in [1.54, 1.807) is 6.92 Å². The van der Waals surface area contributed by atoms with Gasteiger partial charge in [0.15, 0.2) is 0 Å². The van der Waals surface area contributed by atoms with Crippen LogP contribution in [0.25, 0.3) is 0 Å². The molecule has 0 bridgehead atoms. The highest BCUT2D eigenvalue weighted by atomic mass is 19.4. The van der Waals surface area contributed by atoms with Gasteiger partial charge < -0.3 is 15.8 Å². The maximum absolute atomic E-state index is 12.2. The normalized spacial score (nSPS) is 16.0. The van der Waals surface area contributed by atoms with E-state index < -0.39 is 36.5 Å². The Balaban J connectivity index is 4.50.